The van der Waals surface area contributed by atoms with Crippen molar-refractivity contribution in [2.45, 2.75) is 18.4 Å². The molecule has 0 radical (unpaired) electrons. The van der Waals surface area contributed by atoms with Crippen molar-refractivity contribution in [1.29, 1.82) is 0 Å². The van der Waals surface area contributed by atoms with Crippen molar-refractivity contribution in [3.05, 3.63) is 59.0 Å². The molecule has 1 aromatic carbocycles. The van der Waals surface area contributed by atoms with Crippen LogP contribution in [0.4, 0.5) is 26.3 Å². The van der Waals surface area contributed by atoms with Gasteiger partial charge in [0.25, 0.3) is 0 Å². The van der Waals surface area contributed by atoms with Gasteiger partial charge in [0, 0.05) is 26.2 Å². The number of piperazine rings is 1. The molecule has 1 aromatic heterocycles. The van der Waals surface area contributed by atoms with Crippen molar-refractivity contribution in [2.75, 3.05) is 26.2 Å². The second-order valence-corrected chi connectivity index (χ2v) is 6.04. The standard InChI is InChI=1S/C17H16F6N2O.ClH/c18-16(19,20)12-8-11(9-13(10-12)17(21,22)23)15(14-2-1-7-26-14)25-5-3-24-4-6-25;/h1-2,7-10,15,24H,3-6H2;1H/t15-;/m0./s1. The summed E-state index contributed by atoms with van der Waals surface area (Å²) in [4.78, 5) is 1.81. The quantitative estimate of drug-likeness (QED) is 0.736. The molecule has 2 aromatic rings. The second kappa shape index (κ2) is 8.12. The highest BCUT2D eigenvalue weighted by molar-refractivity contribution is 5.85. The fourth-order valence-corrected chi connectivity index (χ4v) is 3.08. The molecule has 0 unspecified atom stereocenters. The second-order valence-electron chi connectivity index (χ2n) is 6.04. The molecule has 1 aliphatic rings. The summed E-state index contributed by atoms with van der Waals surface area (Å²) in [6.45, 7) is 2.12. The van der Waals surface area contributed by atoms with Crippen LogP contribution in [-0.2, 0) is 12.4 Å². The Kier molecular flexibility index (Phi) is 6.49. The zero-order valence-corrected chi connectivity index (χ0v) is 14.7. The Balaban J connectivity index is 0.00000261. The number of nitrogens with one attached hydrogen (secondary N) is 1. The largest absolute Gasteiger partial charge is 0.467 e. The van der Waals surface area contributed by atoms with E-state index in [1.807, 2.05) is 4.90 Å². The Bertz CT molecular complexity index is 707. The van der Waals surface area contributed by atoms with Crippen molar-refractivity contribution in [3.63, 3.8) is 0 Å². The topological polar surface area (TPSA) is 28.4 Å². The molecule has 3 nitrogen and oxygen atoms in total. The predicted molar refractivity (Wildman–Crippen MR) is 88.7 cm³/mol. The van der Waals surface area contributed by atoms with Crippen LogP contribution in [0.25, 0.3) is 0 Å². The SMILES string of the molecule is Cl.FC(F)(F)c1cc([C@@H](c2ccco2)N2CCNCC2)cc(C(F)(F)F)c1. The molecule has 2 heterocycles. The summed E-state index contributed by atoms with van der Waals surface area (Å²) in [5, 5.41) is 3.11. The average molecular weight is 415 g/mol. The first-order valence-corrected chi connectivity index (χ1v) is 7.94. The number of hydrogen-bond acceptors (Lipinski definition) is 3. The lowest BCUT2D eigenvalue weighted by molar-refractivity contribution is -0.143. The molecular formula is C17H17ClF6N2O. The summed E-state index contributed by atoms with van der Waals surface area (Å²) >= 11 is 0. The first-order chi connectivity index (χ1) is 12.2. The molecule has 0 saturated carbocycles. The number of furan rings is 1. The highest BCUT2D eigenvalue weighted by Crippen LogP contribution is 2.39. The fourth-order valence-electron chi connectivity index (χ4n) is 3.08. The van der Waals surface area contributed by atoms with E-state index in [-0.39, 0.29) is 24.0 Å². The molecule has 1 saturated heterocycles. The minimum atomic E-state index is -4.88. The van der Waals surface area contributed by atoms with Crippen LogP contribution >= 0.6 is 12.4 Å². The Morgan fingerprint density at radius 3 is 1.93 bits per heavy atom. The molecule has 3 rings (SSSR count). The van der Waals surface area contributed by atoms with Crippen molar-refractivity contribution in [1.82, 2.24) is 10.2 Å². The summed E-state index contributed by atoms with van der Waals surface area (Å²) in [5.74, 6) is 0.305. The predicted octanol–water partition coefficient (Wildman–Crippen LogP) is 4.73. The van der Waals surface area contributed by atoms with E-state index in [1.165, 1.54) is 6.26 Å². The molecule has 1 aliphatic heterocycles. The van der Waals surface area contributed by atoms with E-state index in [1.54, 1.807) is 12.1 Å². The van der Waals surface area contributed by atoms with Crippen LogP contribution in [-0.4, -0.2) is 31.1 Å². The molecule has 10 heteroatoms. The molecule has 1 N–H and O–H groups in total. The van der Waals surface area contributed by atoms with Crippen molar-refractivity contribution < 1.29 is 30.8 Å². The zero-order chi connectivity index (χ0) is 18.9. The first-order valence-electron chi connectivity index (χ1n) is 7.94. The highest BCUT2D eigenvalue weighted by atomic mass is 35.5. The molecule has 27 heavy (non-hydrogen) atoms. The maximum Gasteiger partial charge on any atom is 0.416 e. The molecule has 150 valence electrons. The van der Waals surface area contributed by atoms with Gasteiger partial charge in [-0.2, -0.15) is 26.3 Å². The lowest BCUT2D eigenvalue weighted by Crippen LogP contribution is -2.45. The van der Waals surface area contributed by atoms with Gasteiger partial charge in [0.15, 0.2) is 0 Å². The molecule has 0 spiro atoms. The minimum absolute atomic E-state index is 0. The maximum atomic E-state index is 13.2. The van der Waals surface area contributed by atoms with Gasteiger partial charge in [-0.1, -0.05) is 0 Å². The van der Waals surface area contributed by atoms with Gasteiger partial charge in [0.05, 0.1) is 23.4 Å². The number of rotatable bonds is 3. The van der Waals surface area contributed by atoms with E-state index >= 15 is 0 Å². The average Bonchev–Trinajstić information content (AvgIpc) is 3.08. The van der Waals surface area contributed by atoms with Crippen molar-refractivity contribution >= 4 is 12.4 Å². The number of hydrogen-bond donors (Lipinski definition) is 1. The highest BCUT2D eigenvalue weighted by Gasteiger charge is 2.38. The normalized spacial score (nSPS) is 17.4. The minimum Gasteiger partial charge on any atom is -0.467 e. The van der Waals surface area contributed by atoms with Crippen molar-refractivity contribution in [2.24, 2.45) is 0 Å². The van der Waals surface area contributed by atoms with E-state index < -0.39 is 29.5 Å². The van der Waals surface area contributed by atoms with E-state index in [0.29, 0.717) is 31.9 Å². The fraction of sp³-hybridized carbons (Fsp3) is 0.412. The van der Waals surface area contributed by atoms with Gasteiger partial charge in [-0.3, -0.25) is 4.90 Å². The lowest BCUT2D eigenvalue weighted by atomic mass is 9.96. The molecular weight excluding hydrogens is 398 g/mol. The number of nitrogens with zero attached hydrogens (tertiary/aromatic N) is 1. The van der Waals surface area contributed by atoms with Crippen LogP contribution in [0.3, 0.4) is 0 Å². The van der Waals surface area contributed by atoms with Gasteiger partial charge < -0.3 is 9.73 Å². The third kappa shape index (κ3) is 4.97. The summed E-state index contributed by atoms with van der Waals surface area (Å²) in [6, 6.07) is 3.97. The van der Waals surface area contributed by atoms with E-state index in [9.17, 15) is 26.3 Å². The summed E-state index contributed by atoms with van der Waals surface area (Å²) in [7, 11) is 0. The van der Waals surface area contributed by atoms with Crippen LogP contribution in [0.5, 0.6) is 0 Å². The summed E-state index contributed by atoms with van der Waals surface area (Å²) in [6.07, 6.45) is -8.41. The van der Waals surface area contributed by atoms with Crippen LogP contribution in [0.15, 0.2) is 41.0 Å². The monoisotopic (exact) mass is 414 g/mol. The van der Waals surface area contributed by atoms with Crippen LogP contribution in [0.2, 0.25) is 0 Å². The zero-order valence-electron chi connectivity index (χ0n) is 13.9. The van der Waals surface area contributed by atoms with Crippen LogP contribution in [0.1, 0.15) is 28.5 Å². The van der Waals surface area contributed by atoms with Crippen LogP contribution in [0, 0.1) is 0 Å². The van der Waals surface area contributed by atoms with E-state index in [4.69, 9.17) is 4.42 Å². The Hall–Kier alpha value is -1.71. The summed E-state index contributed by atoms with van der Waals surface area (Å²) < 4.78 is 84.3. The first kappa shape index (κ1) is 21.6. The van der Waals surface area contributed by atoms with Gasteiger partial charge in [-0.05, 0) is 35.9 Å². The van der Waals surface area contributed by atoms with Gasteiger partial charge in [-0.25, -0.2) is 0 Å². The Labute approximate surface area is 157 Å². The Morgan fingerprint density at radius 1 is 0.926 bits per heavy atom. The lowest BCUT2D eigenvalue weighted by Gasteiger charge is -2.34. The molecule has 0 bridgehead atoms. The summed E-state index contributed by atoms with van der Waals surface area (Å²) in [5.41, 5.74) is -2.74. The smallest absolute Gasteiger partial charge is 0.416 e. The van der Waals surface area contributed by atoms with Gasteiger partial charge in [-0.15, -0.1) is 12.4 Å². The number of halogens is 7. The molecule has 0 aliphatic carbocycles. The van der Waals surface area contributed by atoms with Gasteiger partial charge in [0.1, 0.15) is 5.76 Å². The van der Waals surface area contributed by atoms with Gasteiger partial charge >= 0.3 is 12.4 Å². The number of alkyl halides is 6. The molecule has 1 atom stereocenters. The number of benzene rings is 1. The van der Waals surface area contributed by atoms with Crippen molar-refractivity contribution in [3.8, 4) is 0 Å². The van der Waals surface area contributed by atoms with E-state index in [2.05, 4.69) is 5.32 Å². The van der Waals surface area contributed by atoms with Gasteiger partial charge in [0.2, 0.25) is 0 Å². The Morgan fingerprint density at radius 2 is 1.48 bits per heavy atom. The maximum absolute atomic E-state index is 13.2. The molecule has 1 fully saturated rings. The third-order valence-corrected chi connectivity index (χ3v) is 4.26. The molecule has 0 amide bonds. The van der Waals surface area contributed by atoms with E-state index in [0.717, 1.165) is 12.1 Å². The third-order valence-electron chi connectivity index (χ3n) is 4.26. The van der Waals surface area contributed by atoms with Crippen LogP contribution < -0.4 is 5.32 Å².